The fourth-order valence-electron chi connectivity index (χ4n) is 3.06. The monoisotopic (exact) mass is 484 g/mol. The normalized spacial score (nSPS) is 10.9. The average Bonchev–Trinajstić information content (AvgIpc) is 2.84. The van der Waals surface area contributed by atoms with Crippen molar-refractivity contribution in [3.8, 4) is 17.2 Å². The van der Waals surface area contributed by atoms with E-state index < -0.39 is 10.0 Å². The number of methoxy groups -OCH3 is 1. The molecular formula is C25H28N2O6S. The Labute approximate surface area is 200 Å². The number of benzene rings is 3. The van der Waals surface area contributed by atoms with Crippen LogP contribution in [0.1, 0.15) is 12.5 Å². The second kappa shape index (κ2) is 11.4. The third kappa shape index (κ3) is 6.89. The standard InChI is InChI=1S/C25H28N2O6S/c1-4-32-22-11-7-20(8-12-22)26-34(29,30)24-15-13-23(14-16-24)33-18-25(28)27(2)17-19-5-9-21(31-3)10-6-19/h5-16,26H,4,17-18H2,1-3H3. The summed E-state index contributed by atoms with van der Waals surface area (Å²) in [6.45, 7) is 2.68. The van der Waals surface area contributed by atoms with E-state index >= 15 is 0 Å². The molecule has 3 aromatic carbocycles. The number of sulfonamides is 1. The molecule has 8 nitrogen and oxygen atoms in total. The van der Waals surface area contributed by atoms with Crippen LogP contribution in [0.5, 0.6) is 17.2 Å². The summed E-state index contributed by atoms with van der Waals surface area (Å²) in [6.07, 6.45) is 0. The zero-order chi connectivity index (χ0) is 24.6. The van der Waals surface area contributed by atoms with Crippen LogP contribution in [0.25, 0.3) is 0 Å². The Balaban J connectivity index is 1.53. The number of hydrogen-bond acceptors (Lipinski definition) is 6. The Morgan fingerprint density at radius 2 is 1.41 bits per heavy atom. The Morgan fingerprint density at radius 3 is 2.00 bits per heavy atom. The minimum absolute atomic E-state index is 0.0803. The van der Waals surface area contributed by atoms with Crippen molar-refractivity contribution in [1.82, 2.24) is 4.90 Å². The quantitative estimate of drug-likeness (QED) is 0.443. The number of rotatable bonds is 11. The molecule has 180 valence electrons. The van der Waals surface area contributed by atoms with Gasteiger partial charge in [0.05, 0.1) is 18.6 Å². The van der Waals surface area contributed by atoms with Crippen molar-refractivity contribution in [3.05, 3.63) is 78.4 Å². The molecule has 1 amide bonds. The molecule has 34 heavy (non-hydrogen) atoms. The van der Waals surface area contributed by atoms with Crippen LogP contribution in [0.3, 0.4) is 0 Å². The molecule has 0 saturated carbocycles. The fraction of sp³-hybridized carbons (Fsp3) is 0.240. The molecular weight excluding hydrogens is 456 g/mol. The molecule has 0 heterocycles. The summed E-state index contributed by atoms with van der Waals surface area (Å²) in [7, 11) is -0.478. The summed E-state index contributed by atoms with van der Waals surface area (Å²) < 4.78 is 43.8. The van der Waals surface area contributed by atoms with Crippen molar-refractivity contribution >= 4 is 21.6 Å². The van der Waals surface area contributed by atoms with Gasteiger partial charge in [-0.05, 0) is 73.2 Å². The van der Waals surface area contributed by atoms with E-state index in [1.54, 1.807) is 43.3 Å². The minimum Gasteiger partial charge on any atom is -0.497 e. The summed E-state index contributed by atoms with van der Waals surface area (Å²) in [5.74, 6) is 1.60. The highest BCUT2D eigenvalue weighted by Gasteiger charge is 2.15. The number of carbonyl (C=O) groups is 1. The van der Waals surface area contributed by atoms with Crippen molar-refractivity contribution < 1.29 is 27.4 Å². The van der Waals surface area contributed by atoms with Gasteiger partial charge in [0, 0.05) is 19.3 Å². The average molecular weight is 485 g/mol. The molecule has 0 unspecified atom stereocenters. The van der Waals surface area contributed by atoms with Crippen LogP contribution in [0.4, 0.5) is 5.69 Å². The molecule has 0 aliphatic rings. The van der Waals surface area contributed by atoms with Crippen LogP contribution in [-0.2, 0) is 21.4 Å². The molecule has 0 fully saturated rings. The molecule has 0 atom stereocenters. The van der Waals surface area contributed by atoms with E-state index in [1.807, 2.05) is 31.2 Å². The van der Waals surface area contributed by atoms with Crippen LogP contribution < -0.4 is 18.9 Å². The fourth-order valence-corrected chi connectivity index (χ4v) is 4.12. The maximum absolute atomic E-state index is 12.6. The lowest BCUT2D eigenvalue weighted by Gasteiger charge is -2.18. The number of ether oxygens (including phenoxy) is 3. The molecule has 0 aliphatic carbocycles. The van der Waals surface area contributed by atoms with Gasteiger partial charge in [0.1, 0.15) is 17.2 Å². The summed E-state index contributed by atoms with van der Waals surface area (Å²) in [4.78, 5) is 14.0. The lowest BCUT2D eigenvalue weighted by Crippen LogP contribution is -2.30. The van der Waals surface area contributed by atoms with Gasteiger partial charge in [-0.3, -0.25) is 9.52 Å². The van der Waals surface area contributed by atoms with E-state index in [1.165, 1.54) is 24.3 Å². The molecule has 0 spiro atoms. The molecule has 9 heteroatoms. The van der Waals surface area contributed by atoms with Crippen LogP contribution in [0.15, 0.2) is 77.7 Å². The van der Waals surface area contributed by atoms with Gasteiger partial charge in [-0.25, -0.2) is 8.42 Å². The Kier molecular flexibility index (Phi) is 8.37. The molecule has 0 bridgehead atoms. The van der Waals surface area contributed by atoms with Crippen molar-refractivity contribution in [2.24, 2.45) is 0 Å². The Morgan fingerprint density at radius 1 is 0.853 bits per heavy atom. The summed E-state index contributed by atoms with van der Waals surface area (Å²) in [5.41, 5.74) is 1.39. The first-order valence-electron chi connectivity index (χ1n) is 10.7. The van der Waals surface area contributed by atoms with Crippen LogP contribution in [0, 0.1) is 0 Å². The van der Waals surface area contributed by atoms with Gasteiger partial charge in [-0.2, -0.15) is 0 Å². The lowest BCUT2D eigenvalue weighted by molar-refractivity contribution is -0.132. The zero-order valence-electron chi connectivity index (χ0n) is 19.4. The first kappa shape index (κ1) is 24.9. The number of amides is 1. The van der Waals surface area contributed by atoms with Gasteiger partial charge in [0.2, 0.25) is 0 Å². The van der Waals surface area contributed by atoms with Crippen LogP contribution >= 0.6 is 0 Å². The first-order valence-corrected chi connectivity index (χ1v) is 12.1. The van der Waals surface area contributed by atoms with Gasteiger partial charge in [0.15, 0.2) is 6.61 Å². The topological polar surface area (TPSA) is 94.2 Å². The minimum atomic E-state index is -3.77. The van der Waals surface area contributed by atoms with Gasteiger partial charge < -0.3 is 19.1 Å². The third-order valence-corrected chi connectivity index (χ3v) is 6.32. The molecule has 0 aliphatic heterocycles. The number of carbonyl (C=O) groups excluding carboxylic acids is 1. The molecule has 0 radical (unpaired) electrons. The molecule has 3 aromatic rings. The Hall–Kier alpha value is -3.72. The van der Waals surface area contributed by atoms with E-state index in [4.69, 9.17) is 14.2 Å². The van der Waals surface area contributed by atoms with Gasteiger partial charge in [-0.1, -0.05) is 12.1 Å². The van der Waals surface area contributed by atoms with Gasteiger partial charge in [-0.15, -0.1) is 0 Å². The molecule has 0 saturated heterocycles. The summed E-state index contributed by atoms with van der Waals surface area (Å²) in [5, 5.41) is 0. The van der Waals surface area contributed by atoms with E-state index in [-0.39, 0.29) is 17.4 Å². The SMILES string of the molecule is CCOc1ccc(NS(=O)(=O)c2ccc(OCC(=O)N(C)Cc3ccc(OC)cc3)cc2)cc1. The lowest BCUT2D eigenvalue weighted by atomic mass is 10.2. The maximum Gasteiger partial charge on any atom is 0.261 e. The van der Waals surface area contributed by atoms with Crippen molar-refractivity contribution in [2.75, 3.05) is 32.1 Å². The Bertz CT molecular complexity index is 1180. The maximum atomic E-state index is 12.6. The van der Waals surface area contributed by atoms with E-state index in [0.717, 1.165) is 11.3 Å². The smallest absolute Gasteiger partial charge is 0.261 e. The first-order chi connectivity index (χ1) is 16.3. The molecule has 1 N–H and O–H groups in total. The van der Waals surface area contributed by atoms with Gasteiger partial charge >= 0.3 is 0 Å². The van der Waals surface area contributed by atoms with Crippen LogP contribution in [-0.4, -0.2) is 46.6 Å². The number of anilines is 1. The number of nitrogens with zero attached hydrogens (tertiary/aromatic N) is 1. The van der Waals surface area contributed by atoms with E-state index in [2.05, 4.69) is 4.72 Å². The highest BCUT2D eigenvalue weighted by Crippen LogP contribution is 2.21. The zero-order valence-corrected chi connectivity index (χ0v) is 20.2. The van der Waals surface area contributed by atoms with Crippen LogP contribution in [0.2, 0.25) is 0 Å². The van der Waals surface area contributed by atoms with Gasteiger partial charge in [0.25, 0.3) is 15.9 Å². The number of likely N-dealkylation sites (N-methyl/N-ethyl adjacent to an activating group) is 1. The largest absolute Gasteiger partial charge is 0.497 e. The number of hydrogen-bond donors (Lipinski definition) is 1. The van der Waals surface area contributed by atoms with Crippen molar-refractivity contribution in [1.29, 1.82) is 0 Å². The number of nitrogens with one attached hydrogen (secondary N) is 1. The molecule has 0 aromatic heterocycles. The summed E-state index contributed by atoms with van der Waals surface area (Å²) >= 11 is 0. The van der Waals surface area contributed by atoms with Crippen molar-refractivity contribution in [2.45, 2.75) is 18.4 Å². The van der Waals surface area contributed by atoms with E-state index in [0.29, 0.717) is 30.3 Å². The predicted octanol–water partition coefficient (Wildman–Crippen LogP) is 3.93. The second-order valence-electron chi connectivity index (χ2n) is 7.42. The van der Waals surface area contributed by atoms with E-state index in [9.17, 15) is 13.2 Å². The summed E-state index contributed by atoms with van der Waals surface area (Å²) in [6, 6.07) is 20.0. The predicted molar refractivity (Wildman–Crippen MR) is 130 cm³/mol. The molecule has 3 rings (SSSR count). The second-order valence-corrected chi connectivity index (χ2v) is 9.10. The third-order valence-electron chi connectivity index (χ3n) is 4.92. The highest BCUT2D eigenvalue weighted by atomic mass is 32.2. The highest BCUT2D eigenvalue weighted by molar-refractivity contribution is 7.92. The van der Waals surface area contributed by atoms with Crippen molar-refractivity contribution in [3.63, 3.8) is 0 Å².